The zero-order valence-electron chi connectivity index (χ0n) is 11.0. The molecule has 4 nitrogen and oxygen atoms in total. The average Bonchev–Trinajstić information content (AvgIpc) is 2.43. The van der Waals surface area contributed by atoms with Gasteiger partial charge in [0.05, 0.1) is 10.7 Å². The summed E-state index contributed by atoms with van der Waals surface area (Å²) in [7, 11) is 0. The fourth-order valence-electron chi connectivity index (χ4n) is 1.98. The van der Waals surface area contributed by atoms with Crippen molar-refractivity contribution in [1.29, 1.82) is 0 Å². The van der Waals surface area contributed by atoms with Gasteiger partial charge in [-0.05, 0) is 24.6 Å². The molecule has 0 saturated carbocycles. The Labute approximate surface area is 122 Å². The quantitative estimate of drug-likeness (QED) is 0.855. The molecule has 5 heteroatoms. The van der Waals surface area contributed by atoms with Crippen LogP contribution in [0.1, 0.15) is 5.56 Å². The van der Waals surface area contributed by atoms with E-state index >= 15 is 0 Å². The predicted molar refractivity (Wildman–Crippen MR) is 78.1 cm³/mol. The largest absolute Gasteiger partial charge is 0.486 e. The van der Waals surface area contributed by atoms with Gasteiger partial charge in [-0.3, -0.25) is 0 Å². The van der Waals surface area contributed by atoms with Crippen LogP contribution in [-0.2, 0) is 0 Å². The highest BCUT2D eigenvalue weighted by atomic mass is 35.5. The third-order valence-electron chi connectivity index (χ3n) is 2.98. The smallest absolute Gasteiger partial charge is 0.165 e. The van der Waals surface area contributed by atoms with E-state index in [-0.39, 0.29) is 0 Å². The number of fused-ring (bicyclic) bond motifs is 1. The van der Waals surface area contributed by atoms with E-state index < -0.39 is 0 Å². The van der Waals surface area contributed by atoms with Crippen LogP contribution in [0, 0.1) is 6.92 Å². The van der Waals surface area contributed by atoms with E-state index in [9.17, 15) is 0 Å². The molecule has 20 heavy (non-hydrogen) atoms. The third kappa shape index (κ3) is 2.47. The van der Waals surface area contributed by atoms with Gasteiger partial charge < -0.3 is 19.9 Å². The number of rotatable bonds is 2. The van der Waals surface area contributed by atoms with E-state index in [0.717, 1.165) is 5.56 Å². The molecule has 0 radical (unpaired) electrons. The van der Waals surface area contributed by atoms with Crippen molar-refractivity contribution in [3.63, 3.8) is 0 Å². The maximum absolute atomic E-state index is 6.12. The molecule has 3 rings (SSSR count). The lowest BCUT2D eigenvalue weighted by molar-refractivity contribution is 0.171. The van der Waals surface area contributed by atoms with Gasteiger partial charge in [0.25, 0.3) is 0 Å². The van der Waals surface area contributed by atoms with Crippen LogP contribution in [0.2, 0.25) is 5.02 Å². The topological polar surface area (TPSA) is 53.7 Å². The summed E-state index contributed by atoms with van der Waals surface area (Å²) in [6, 6.07) is 9.00. The Morgan fingerprint density at radius 3 is 2.50 bits per heavy atom. The van der Waals surface area contributed by atoms with Gasteiger partial charge in [-0.25, -0.2) is 0 Å². The minimum absolute atomic E-state index is 0.479. The van der Waals surface area contributed by atoms with Crippen LogP contribution in [0.4, 0.5) is 5.69 Å². The molecule has 0 atom stereocenters. The number of hydrogen-bond acceptors (Lipinski definition) is 4. The number of aryl methyl sites for hydroxylation is 1. The van der Waals surface area contributed by atoms with Gasteiger partial charge in [-0.15, -0.1) is 0 Å². The van der Waals surface area contributed by atoms with Crippen molar-refractivity contribution in [2.45, 2.75) is 6.92 Å². The average molecular weight is 292 g/mol. The summed E-state index contributed by atoms with van der Waals surface area (Å²) in [6.45, 7) is 3.01. The Kier molecular flexibility index (Phi) is 3.32. The molecule has 0 fully saturated rings. The van der Waals surface area contributed by atoms with Crippen molar-refractivity contribution in [3.8, 4) is 23.0 Å². The number of anilines is 1. The van der Waals surface area contributed by atoms with Crippen LogP contribution in [0.3, 0.4) is 0 Å². The van der Waals surface area contributed by atoms with Gasteiger partial charge in [-0.2, -0.15) is 0 Å². The van der Waals surface area contributed by atoms with Gasteiger partial charge >= 0.3 is 0 Å². The monoisotopic (exact) mass is 291 g/mol. The molecule has 0 bridgehead atoms. The van der Waals surface area contributed by atoms with Crippen LogP contribution in [0.25, 0.3) is 0 Å². The molecular formula is C15H14ClNO3. The van der Waals surface area contributed by atoms with Gasteiger partial charge in [0.1, 0.15) is 19.0 Å². The molecule has 1 aliphatic rings. The molecule has 0 aromatic heterocycles. The van der Waals surface area contributed by atoms with E-state index in [0.29, 0.717) is 46.9 Å². The standard InChI is InChI=1S/C15H14ClNO3/c1-9-2-3-10(16)12(6-9)20-13-8-15-14(7-11(13)17)18-4-5-19-15/h2-3,6-8H,4-5,17H2,1H3. The maximum Gasteiger partial charge on any atom is 0.165 e. The maximum atomic E-state index is 6.12. The molecule has 0 amide bonds. The van der Waals surface area contributed by atoms with Gasteiger partial charge in [0, 0.05) is 12.1 Å². The van der Waals surface area contributed by atoms with Crippen molar-refractivity contribution in [1.82, 2.24) is 0 Å². The Hall–Kier alpha value is -2.07. The minimum atomic E-state index is 0.479. The summed E-state index contributed by atoms with van der Waals surface area (Å²) >= 11 is 6.12. The first-order valence-corrected chi connectivity index (χ1v) is 6.64. The Morgan fingerprint density at radius 1 is 1.05 bits per heavy atom. The molecule has 0 aliphatic carbocycles. The first-order chi connectivity index (χ1) is 9.63. The fourth-order valence-corrected chi connectivity index (χ4v) is 2.14. The molecule has 2 N–H and O–H groups in total. The highest BCUT2D eigenvalue weighted by Crippen LogP contribution is 2.41. The molecule has 104 valence electrons. The van der Waals surface area contributed by atoms with E-state index in [1.54, 1.807) is 18.2 Å². The van der Waals surface area contributed by atoms with Crippen molar-refractivity contribution in [3.05, 3.63) is 40.9 Å². The minimum Gasteiger partial charge on any atom is -0.486 e. The molecule has 1 aliphatic heterocycles. The summed E-state index contributed by atoms with van der Waals surface area (Å²) in [5, 5.41) is 0.532. The molecular weight excluding hydrogens is 278 g/mol. The van der Waals surface area contributed by atoms with Crippen molar-refractivity contribution < 1.29 is 14.2 Å². The van der Waals surface area contributed by atoms with Crippen LogP contribution in [-0.4, -0.2) is 13.2 Å². The first kappa shape index (κ1) is 12.9. The predicted octanol–water partition coefficient (Wildman–Crippen LogP) is 3.79. The number of nitrogens with two attached hydrogens (primary N) is 1. The van der Waals surface area contributed by atoms with Crippen molar-refractivity contribution >= 4 is 17.3 Å². The lowest BCUT2D eigenvalue weighted by Gasteiger charge is -2.20. The SMILES string of the molecule is Cc1ccc(Cl)c(Oc2cc3c(cc2N)OCCO3)c1. The Morgan fingerprint density at radius 2 is 1.75 bits per heavy atom. The molecule has 0 saturated heterocycles. The summed E-state index contributed by atoms with van der Waals surface area (Å²) in [5.41, 5.74) is 7.51. The van der Waals surface area contributed by atoms with Gasteiger partial charge in [0.2, 0.25) is 0 Å². The number of ether oxygens (including phenoxy) is 3. The van der Waals surface area contributed by atoms with E-state index in [1.807, 2.05) is 19.1 Å². The Balaban J connectivity index is 1.96. The van der Waals surface area contributed by atoms with Crippen molar-refractivity contribution in [2.75, 3.05) is 18.9 Å². The lowest BCUT2D eigenvalue weighted by Crippen LogP contribution is -2.15. The van der Waals surface area contributed by atoms with Crippen LogP contribution < -0.4 is 19.9 Å². The number of hydrogen-bond donors (Lipinski definition) is 1. The van der Waals surface area contributed by atoms with Crippen molar-refractivity contribution in [2.24, 2.45) is 0 Å². The van der Waals surface area contributed by atoms with Crippen LogP contribution in [0.5, 0.6) is 23.0 Å². The zero-order valence-corrected chi connectivity index (χ0v) is 11.7. The normalized spacial score (nSPS) is 13.1. The van der Waals surface area contributed by atoms with Crippen LogP contribution >= 0.6 is 11.6 Å². The summed E-state index contributed by atoms with van der Waals surface area (Å²) in [4.78, 5) is 0. The second-order valence-corrected chi connectivity index (χ2v) is 4.98. The van der Waals surface area contributed by atoms with E-state index in [2.05, 4.69) is 0 Å². The molecule has 2 aromatic rings. The molecule has 2 aromatic carbocycles. The summed E-state index contributed by atoms with van der Waals surface area (Å²) in [5.74, 6) is 2.33. The number of nitrogen functional groups attached to an aromatic ring is 1. The fraction of sp³-hybridized carbons (Fsp3) is 0.200. The second kappa shape index (κ2) is 5.13. The molecule has 1 heterocycles. The zero-order chi connectivity index (χ0) is 14.1. The second-order valence-electron chi connectivity index (χ2n) is 4.57. The van der Waals surface area contributed by atoms with Gasteiger partial charge in [0.15, 0.2) is 17.2 Å². The van der Waals surface area contributed by atoms with Crippen LogP contribution in [0.15, 0.2) is 30.3 Å². The highest BCUT2D eigenvalue weighted by Gasteiger charge is 2.16. The third-order valence-corrected chi connectivity index (χ3v) is 3.29. The lowest BCUT2D eigenvalue weighted by atomic mass is 10.2. The van der Waals surface area contributed by atoms with Gasteiger partial charge in [-0.1, -0.05) is 17.7 Å². The number of halogens is 1. The Bertz CT molecular complexity index is 658. The molecule has 0 spiro atoms. The van der Waals surface area contributed by atoms with E-state index in [4.69, 9.17) is 31.5 Å². The number of benzene rings is 2. The highest BCUT2D eigenvalue weighted by molar-refractivity contribution is 6.32. The van der Waals surface area contributed by atoms with E-state index in [1.165, 1.54) is 0 Å². The summed E-state index contributed by atoms with van der Waals surface area (Å²) in [6.07, 6.45) is 0. The first-order valence-electron chi connectivity index (χ1n) is 6.26. The molecule has 0 unspecified atom stereocenters. The summed E-state index contributed by atoms with van der Waals surface area (Å²) < 4.78 is 16.8.